The Labute approximate surface area is 117 Å². The van der Waals surface area contributed by atoms with Crippen molar-refractivity contribution in [2.45, 2.75) is 96.8 Å². The smallest absolute Gasteiger partial charge is 0.293 e. The summed E-state index contributed by atoms with van der Waals surface area (Å²) in [5.41, 5.74) is 0. The molecule has 0 saturated heterocycles. The minimum absolute atomic E-state index is 0.0283. The molecule has 0 N–H and O–H groups in total. The van der Waals surface area contributed by atoms with Gasteiger partial charge in [0.05, 0.1) is 0 Å². The summed E-state index contributed by atoms with van der Waals surface area (Å²) < 4.78 is 25.1. The van der Waals surface area contributed by atoms with E-state index < -0.39 is 11.7 Å². The van der Waals surface area contributed by atoms with Crippen molar-refractivity contribution < 1.29 is 13.6 Å². The van der Waals surface area contributed by atoms with Gasteiger partial charge in [-0.25, -0.2) is 0 Å². The Morgan fingerprint density at radius 3 is 1.53 bits per heavy atom. The quantitative estimate of drug-likeness (QED) is 0.382. The molecule has 0 unspecified atom stereocenters. The van der Waals surface area contributed by atoms with Gasteiger partial charge in [0.1, 0.15) is 0 Å². The van der Waals surface area contributed by atoms with Crippen LogP contribution in [0.15, 0.2) is 0 Å². The first kappa shape index (κ1) is 18.5. The Morgan fingerprint density at radius 2 is 1.16 bits per heavy atom. The maximum absolute atomic E-state index is 12.6. The molecular formula is C16H30F2O. The zero-order valence-electron chi connectivity index (χ0n) is 12.6. The Morgan fingerprint density at radius 1 is 0.789 bits per heavy atom. The van der Waals surface area contributed by atoms with Crippen LogP contribution in [0.2, 0.25) is 0 Å². The van der Waals surface area contributed by atoms with Crippen molar-refractivity contribution in [1.82, 2.24) is 0 Å². The molecular weight excluding hydrogens is 246 g/mol. The summed E-state index contributed by atoms with van der Waals surface area (Å²) in [5, 5.41) is 0. The minimum atomic E-state index is -3.14. The van der Waals surface area contributed by atoms with Crippen LogP contribution in [0.1, 0.15) is 90.9 Å². The van der Waals surface area contributed by atoms with Gasteiger partial charge in [0, 0.05) is 13.3 Å². The molecule has 0 aliphatic carbocycles. The zero-order valence-corrected chi connectivity index (χ0v) is 12.6. The molecule has 0 aliphatic rings. The fourth-order valence-electron chi connectivity index (χ4n) is 2.17. The van der Waals surface area contributed by atoms with Gasteiger partial charge in [-0.2, -0.15) is 8.78 Å². The fourth-order valence-corrected chi connectivity index (χ4v) is 2.17. The molecule has 0 radical (unpaired) electrons. The second-order valence-corrected chi connectivity index (χ2v) is 5.60. The van der Waals surface area contributed by atoms with E-state index in [-0.39, 0.29) is 6.42 Å². The number of carbonyl (C=O) groups is 1. The summed E-state index contributed by atoms with van der Waals surface area (Å²) in [5.74, 6) is -4.05. The van der Waals surface area contributed by atoms with E-state index >= 15 is 0 Å². The lowest BCUT2D eigenvalue weighted by atomic mass is 10.0. The van der Waals surface area contributed by atoms with Gasteiger partial charge in [0.15, 0.2) is 0 Å². The molecule has 0 atom stereocenters. The largest absolute Gasteiger partial charge is 0.302 e. The summed E-state index contributed by atoms with van der Waals surface area (Å²) in [7, 11) is 0. The van der Waals surface area contributed by atoms with E-state index in [9.17, 15) is 13.6 Å². The van der Waals surface area contributed by atoms with Crippen LogP contribution >= 0.6 is 0 Å². The minimum Gasteiger partial charge on any atom is -0.293 e. The van der Waals surface area contributed by atoms with E-state index in [1.165, 1.54) is 51.4 Å². The Bertz CT molecular complexity index is 221. The van der Waals surface area contributed by atoms with Crippen molar-refractivity contribution in [1.29, 1.82) is 0 Å². The van der Waals surface area contributed by atoms with E-state index in [1.54, 1.807) is 0 Å². The third kappa shape index (κ3) is 12.3. The van der Waals surface area contributed by atoms with Gasteiger partial charge in [-0.15, -0.1) is 0 Å². The first-order valence-corrected chi connectivity index (χ1v) is 7.89. The third-order valence-corrected chi connectivity index (χ3v) is 3.50. The number of hydrogen-bond donors (Lipinski definition) is 0. The highest BCUT2D eigenvalue weighted by Gasteiger charge is 2.30. The second-order valence-electron chi connectivity index (χ2n) is 5.60. The zero-order chi connectivity index (χ0) is 14.6. The van der Waals surface area contributed by atoms with Gasteiger partial charge in [-0.05, 0) is 6.42 Å². The summed E-state index contributed by atoms with van der Waals surface area (Å²) in [6.45, 7) is 2.91. The van der Waals surface area contributed by atoms with E-state index in [0.717, 1.165) is 12.8 Å². The predicted molar refractivity (Wildman–Crippen MR) is 76.7 cm³/mol. The maximum Gasteiger partial charge on any atom is 0.302 e. The normalized spacial score (nSPS) is 11.8. The highest BCUT2D eigenvalue weighted by Crippen LogP contribution is 2.18. The fraction of sp³-hybridized carbons (Fsp3) is 0.938. The van der Waals surface area contributed by atoms with Crippen molar-refractivity contribution in [2.75, 3.05) is 0 Å². The highest BCUT2D eigenvalue weighted by atomic mass is 19.3. The second kappa shape index (κ2) is 11.4. The molecule has 0 amide bonds. The van der Waals surface area contributed by atoms with E-state index in [2.05, 4.69) is 6.92 Å². The van der Waals surface area contributed by atoms with Crippen LogP contribution in [-0.4, -0.2) is 11.7 Å². The summed E-state index contributed by atoms with van der Waals surface area (Å²) in [6, 6.07) is 0. The number of alkyl halides is 2. The molecule has 0 spiro atoms. The molecule has 1 nitrogen and oxygen atoms in total. The summed E-state index contributed by atoms with van der Waals surface area (Å²) in [4.78, 5) is 11.0. The number of hydrogen-bond acceptors (Lipinski definition) is 1. The van der Waals surface area contributed by atoms with Crippen molar-refractivity contribution in [3.63, 3.8) is 0 Å². The molecule has 114 valence electrons. The van der Waals surface area contributed by atoms with Crippen LogP contribution in [0.5, 0.6) is 0 Å². The number of carbonyl (C=O) groups excluding carboxylic acids is 1. The maximum atomic E-state index is 12.6. The molecule has 0 aromatic heterocycles. The number of ketones is 1. The molecule has 3 heteroatoms. The first-order valence-electron chi connectivity index (χ1n) is 7.89. The van der Waals surface area contributed by atoms with E-state index in [1.807, 2.05) is 0 Å². The molecule has 0 aromatic rings. The first-order chi connectivity index (χ1) is 8.98. The van der Waals surface area contributed by atoms with Gasteiger partial charge in [0.25, 0.3) is 0 Å². The average molecular weight is 276 g/mol. The third-order valence-electron chi connectivity index (χ3n) is 3.50. The molecule has 0 heterocycles. The molecule has 0 aliphatic heterocycles. The number of Topliss-reactive ketones (excluding diaryl/α,β-unsaturated/α-hetero) is 1. The van der Waals surface area contributed by atoms with Crippen molar-refractivity contribution >= 4 is 5.78 Å². The SMILES string of the molecule is CCCCCCCCCCCCCC(=O)C(C)(F)F. The molecule has 0 saturated carbocycles. The van der Waals surface area contributed by atoms with Gasteiger partial charge in [-0.3, -0.25) is 4.79 Å². The van der Waals surface area contributed by atoms with E-state index in [4.69, 9.17) is 0 Å². The van der Waals surface area contributed by atoms with Crippen molar-refractivity contribution in [3.8, 4) is 0 Å². The van der Waals surface area contributed by atoms with Gasteiger partial charge in [-0.1, -0.05) is 71.1 Å². The molecule has 19 heavy (non-hydrogen) atoms. The van der Waals surface area contributed by atoms with Crippen molar-refractivity contribution in [3.05, 3.63) is 0 Å². The van der Waals surface area contributed by atoms with Crippen LogP contribution in [0.4, 0.5) is 8.78 Å². The molecule has 0 bridgehead atoms. The Kier molecular flexibility index (Phi) is 11.1. The van der Waals surface area contributed by atoms with Crippen LogP contribution in [0.3, 0.4) is 0 Å². The van der Waals surface area contributed by atoms with Crippen LogP contribution < -0.4 is 0 Å². The van der Waals surface area contributed by atoms with Crippen LogP contribution in [0.25, 0.3) is 0 Å². The number of halogens is 2. The van der Waals surface area contributed by atoms with Gasteiger partial charge >= 0.3 is 5.92 Å². The van der Waals surface area contributed by atoms with Gasteiger partial charge in [0.2, 0.25) is 5.78 Å². The summed E-state index contributed by atoms with van der Waals surface area (Å²) in [6.07, 6.45) is 12.9. The molecule has 0 rings (SSSR count). The lowest BCUT2D eigenvalue weighted by molar-refractivity contribution is -0.140. The Balaban J connectivity index is 3.17. The number of rotatable bonds is 13. The highest BCUT2D eigenvalue weighted by molar-refractivity contribution is 5.84. The lowest BCUT2D eigenvalue weighted by Gasteiger charge is -2.08. The molecule has 0 fully saturated rings. The molecule has 0 aromatic carbocycles. The standard InChI is InChI=1S/C16H30F2O/c1-3-4-5-6-7-8-9-10-11-12-13-14-15(19)16(2,17)18/h3-14H2,1-2H3. The lowest BCUT2D eigenvalue weighted by Crippen LogP contribution is -2.23. The van der Waals surface area contributed by atoms with Crippen LogP contribution in [0, 0.1) is 0 Å². The number of unbranched alkanes of at least 4 members (excludes halogenated alkanes) is 10. The van der Waals surface area contributed by atoms with E-state index in [0.29, 0.717) is 13.3 Å². The predicted octanol–water partition coefficient (Wildman–Crippen LogP) is 5.91. The summed E-state index contributed by atoms with van der Waals surface area (Å²) >= 11 is 0. The van der Waals surface area contributed by atoms with Crippen LogP contribution in [-0.2, 0) is 4.79 Å². The topological polar surface area (TPSA) is 17.1 Å². The average Bonchev–Trinajstić information content (AvgIpc) is 2.34. The van der Waals surface area contributed by atoms with Gasteiger partial charge < -0.3 is 0 Å². The monoisotopic (exact) mass is 276 g/mol. The van der Waals surface area contributed by atoms with Crippen molar-refractivity contribution in [2.24, 2.45) is 0 Å². The Hall–Kier alpha value is -0.470.